The molecule has 0 atom stereocenters. The fourth-order valence-electron chi connectivity index (χ4n) is 1.92. The largest absolute Gasteiger partial charge is 0.742 e. The molecular formula is C12H20F2NO7S2-. The lowest BCUT2D eigenvalue weighted by atomic mass is 9.90. The van der Waals surface area contributed by atoms with Crippen molar-refractivity contribution in [2.75, 3.05) is 13.1 Å². The van der Waals surface area contributed by atoms with E-state index in [0.29, 0.717) is 6.42 Å². The Hall–Kier alpha value is -0.850. The van der Waals surface area contributed by atoms with E-state index < -0.39 is 55.3 Å². The molecule has 0 saturated carbocycles. The maximum atomic E-state index is 13.4. The summed E-state index contributed by atoms with van der Waals surface area (Å²) in [4.78, 5) is 11.9. The third-order valence-electron chi connectivity index (χ3n) is 4.04. The molecule has 1 aliphatic rings. The second-order valence-corrected chi connectivity index (χ2v) is 9.82. The van der Waals surface area contributed by atoms with Gasteiger partial charge in [-0.25, -0.2) is 16.8 Å². The number of piperidine rings is 1. The summed E-state index contributed by atoms with van der Waals surface area (Å²) >= 11 is 0. The summed E-state index contributed by atoms with van der Waals surface area (Å²) in [6, 6.07) is 0. The van der Waals surface area contributed by atoms with Crippen LogP contribution in [0.25, 0.3) is 0 Å². The Bertz CT molecular complexity index is 680. The quantitative estimate of drug-likeness (QED) is 0.485. The van der Waals surface area contributed by atoms with Crippen molar-refractivity contribution < 1.29 is 39.7 Å². The zero-order valence-electron chi connectivity index (χ0n) is 13.5. The van der Waals surface area contributed by atoms with Gasteiger partial charge in [-0.3, -0.25) is 4.79 Å². The average molecular weight is 392 g/mol. The van der Waals surface area contributed by atoms with Crippen molar-refractivity contribution >= 4 is 26.1 Å². The van der Waals surface area contributed by atoms with Crippen LogP contribution in [-0.2, 0) is 29.7 Å². The summed E-state index contributed by atoms with van der Waals surface area (Å²) < 4.78 is 81.7. The molecule has 24 heavy (non-hydrogen) atoms. The van der Waals surface area contributed by atoms with E-state index in [-0.39, 0.29) is 17.1 Å². The Kier molecular flexibility index (Phi) is 6.01. The Morgan fingerprint density at radius 2 is 1.67 bits per heavy atom. The first-order valence-electron chi connectivity index (χ1n) is 7.21. The van der Waals surface area contributed by atoms with Crippen LogP contribution in [0.15, 0.2) is 0 Å². The van der Waals surface area contributed by atoms with Crippen molar-refractivity contribution in [3.63, 3.8) is 0 Å². The average Bonchev–Trinajstić information content (AvgIpc) is 2.46. The summed E-state index contributed by atoms with van der Waals surface area (Å²) in [6.07, 6.45) is -0.279. The first kappa shape index (κ1) is 21.2. The SMILES string of the molecule is CCC(C)(C)C(=O)OC1CCN(S(=O)(=O)C(F)(F)S(=O)(=O)[O-])CC1. The Labute approximate surface area is 140 Å². The lowest BCUT2D eigenvalue weighted by Gasteiger charge is -2.34. The molecule has 1 aliphatic heterocycles. The van der Waals surface area contributed by atoms with E-state index in [4.69, 9.17) is 4.74 Å². The first-order valence-corrected chi connectivity index (χ1v) is 10.1. The molecule has 0 radical (unpaired) electrons. The summed E-state index contributed by atoms with van der Waals surface area (Å²) in [7, 11) is -12.0. The number of carbonyl (C=O) groups excluding carboxylic acids is 1. The van der Waals surface area contributed by atoms with Crippen molar-refractivity contribution in [3.05, 3.63) is 0 Å². The third-order valence-corrected chi connectivity index (χ3v) is 7.51. The molecule has 1 fully saturated rings. The molecule has 0 aromatic heterocycles. The van der Waals surface area contributed by atoms with Crippen LogP contribution >= 0.6 is 0 Å². The Morgan fingerprint density at radius 3 is 2.04 bits per heavy atom. The summed E-state index contributed by atoms with van der Waals surface area (Å²) in [6.45, 7) is 4.20. The zero-order valence-corrected chi connectivity index (χ0v) is 15.1. The van der Waals surface area contributed by atoms with Gasteiger partial charge in [-0.15, -0.1) is 0 Å². The molecule has 0 aromatic carbocycles. The van der Waals surface area contributed by atoms with Gasteiger partial charge in [0.2, 0.25) is 0 Å². The second-order valence-electron chi connectivity index (χ2n) is 6.16. The standard InChI is InChI=1S/C12H21F2NO7S2/c1-4-11(2,3)10(16)22-9-5-7-15(8-6-9)23(17,18)12(13,14)24(19,20)21/h9H,4-8H2,1-3H3,(H,19,20,21)/p-1. The van der Waals surface area contributed by atoms with Gasteiger partial charge in [-0.1, -0.05) is 6.92 Å². The number of hydrogen-bond acceptors (Lipinski definition) is 7. The van der Waals surface area contributed by atoms with Gasteiger partial charge in [0.25, 0.3) is 10.0 Å². The minimum absolute atomic E-state index is 0.0697. The van der Waals surface area contributed by atoms with Gasteiger partial charge < -0.3 is 9.29 Å². The predicted octanol–water partition coefficient (Wildman–Crippen LogP) is 0.856. The molecule has 0 unspecified atom stereocenters. The van der Waals surface area contributed by atoms with Crippen LogP contribution in [0.1, 0.15) is 40.0 Å². The fourth-order valence-corrected chi connectivity index (χ4v) is 4.26. The highest BCUT2D eigenvalue weighted by Crippen LogP contribution is 2.33. The van der Waals surface area contributed by atoms with Crippen molar-refractivity contribution in [1.82, 2.24) is 4.31 Å². The number of carbonyl (C=O) groups is 1. The molecule has 0 aliphatic carbocycles. The van der Waals surface area contributed by atoms with Crippen LogP contribution in [0.2, 0.25) is 0 Å². The van der Waals surface area contributed by atoms with Crippen LogP contribution < -0.4 is 0 Å². The van der Waals surface area contributed by atoms with Crippen LogP contribution in [0.3, 0.4) is 0 Å². The van der Waals surface area contributed by atoms with Gasteiger partial charge in [-0.2, -0.15) is 13.1 Å². The topological polar surface area (TPSA) is 121 Å². The van der Waals surface area contributed by atoms with Gasteiger partial charge in [0.15, 0.2) is 10.1 Å². The number of alkyl halides is 2. The molecule has 0 aromatic rings. The number of halogens is 2. The summed E-state index contributed by atoms with van der Waals surface area (Å²) in [5.41, 5.74) is -0.729. The monoisotopic (exact) mass is 392 g/mol. The van der Waals surface area contributed by atoms with E-state index in [0.717, 1.165) is 0 Å². The zero-order chi connectivity index (χ0) is 19.0. The molecule has 1 heterocycles. The molecular weight excluding hydrogens is 372 g/mol. The van der Waals surface area contributed by atoms with Crippen molar-refractivity contribution in [2.24, 2.45) is 5.41 Å². The Morgan fingerprint density at radius 1 is 1.21 bits per heavy atom. The third kappa shape index (κ3) is 4.03. The summed E-state index contributed by atoms with van der Waals surface area (Å²) in [5.74, 6) is -0.487. The normalized spacial score (nSPS) is 19.2. The minimum atomic E-state index is -6.36. The van der Waals surface area contributed by atoms with Gasteiger partial charge in [-0.05, 0) is 33.1 Å². The fraction of sp³-hybridized carbons (Fsp3) is 0.917. The molecule has 0 amide bonds. The first-order chi connectivity index (χ1) is 10.7. The van der Waals surface area contributed by atoms with E-state index >= 15 is 0 Å². The number of sulfonamides is 1. The Balaban J connectivity index is 2.78. The van der Waals surface area contributed by atoms with E-state index in [1.807, 2.05) is 0 Å². The van der Waals surface area contributed by atoms with Gasteiger partial charge in [0, 0.05) is 13.1 Å². The van der Waals surface area contributed by atoms with Gasteiger partial charge >= 0.3 is 10.6 Å². The number of ether oxygens (including phenoxy) is 1. The number of nitrogens with zero attached hydrogens (tertiary/aromatic N) is 1. The van der Waals surface area contributed by atoms with Gasteiger partial charge in [0.1, 0.15) is 6.10 Å². The molecule has 12 heteroatoms. The van der Waals surface area contributed by atoms with E-state index in [1.54, 1.807) is 20.8 Å². The molecule has 8 nitrogen and oxygen atoms in total. The van der Waals surface area contributed by atoms with Crippen molar-refractivity contribution in [3.8, 4) is 0 Å². The van der Waals surface area contributed by atoms with E-state index in [9.17, 15) is 35.0 Å². The minimum Gasteiger partial charge on any atom is -0.742 e. The van der Waals surface area contributed by atoms with E-state index in [2.05, 4.69) is 0 Å². The molecule has 0 N–H and O–H groups in total. The number of rotatable bonds is 6. The van der Waals surface area contributed by atoms with Crippen molar-refractivity contribution in [1.29, 1.82) is 0 Å². The predicted molar refractivity (Wildman–Crippen MR) is 78.3 cm³/mol. The summed E-state index contributed by atoms with van der Waals surface area (Å²) in [5, 5.41) is 0. The van der Waals surface area contributed by atoms with Crippen LogP contribution in [-0.4, -0.2) is 55.4 Å². The number of esters is 1. The van der Waals surface area contributed by atoms with Crippen LogP contribution in [0, 0.1) is 5.41 Å². The highest BCUT2D eigenvalue weighted by molar-refractivity contribution is 8.06. The molecule has 142 valence electrons. The molecule has 1 rings (SSSR count). The maximum absolute atomic E-state index is 13.4. The smallest absolute Gasteiger partial charge is 0.447 e. The van der Waals surface area contributed by atoms with Gasteiger partial charge in [0.05, 0.1) is 5.41 Å². The van der Waals surface area contributed by atoms with Crippen LogP contribution in [0.4, 0.5) is 8.78 Å². The van der Waals surface area contributed by atoms with Crippen LogP contribution in [0.5, 0.6) is 0 Å². The van der Waals surface area contributed by atoms with E-state index in [1.165, 1.54) is 0 Å². The lowest BCUT2D eigenvalue weighted by molar-refractivity contribution is -0.161. The number of hydrogen-bond donors (Lipinski definition) is 0. The maximum Gasteiger partial charge on any atom is 0.447 e. The highest BCUT2D eigenvalue weighted by Gasteiger charge is 2.55. The molecule has 1 saturated heterocycles. The van der Waals surface area contributed by atoms with Crippen molar-refractivity contribution in [2.45, 2.75) is 50.7 Å². The highest BCUT2D eigenvalue weighted by atomic mass is 32.3. The molecule has 0 spiro atoms. The molecule has 0 bridgehead atoms. The lowest BCUT2D eigenvalue weighted by Crippen LogP contribution is -2.51. The second kappa shape index (κ2) is 6.81.